The first kappa shape index (κ1) is 18.5. The Hall–Kier alpha value is -3.32. The van der Waals surface area contributed by atoms with Crippen molar-refractivity contribution < 1.29 is 9.53 Å². The number of anilines is 1. The molecule has 4 nitrogen and oxygen atoms in total. The zero-order valence-electron chi connectivity index (χ0n) is 15.6. The van der Waals surface area contributed by atoms with Crippen LogP contribution in [0.3, 0.4) is 0 Å². The minimum absolute atomic E-state index is 0.0771. The lowest BCUT2D eigenvalue weighted by Gasteiger charge is -2.18. The van der Waals surface area contributed by atoms with Crippen LogP contribution in [0.2, 0.25) is 0 Å². The van der Waals surface area contributed by atoms with Crippen LogP contribution in [-0.4, -0.2) is 24.5 Å². The van der Waals surface area contributed by atoms with Crippen LogP contribution in [-0.2, 0) is 0 Å². The summed E-state index contributed by atoms with van der Waals surface area (Å²) in [5, 5.41) is 0.946. The fourth-order valence-electron chi connectivity index (χ4n) is 2.73. The molecule has 4 heteroatoms. The molecule has 0 atom stereocenters. The lowest BCUT2D eigenvalue weighted by atomic mass is 10.1. The molecule has 0 unspecified atom stereocenters. The van der Waals surface area contributed by atoms with E-state index in [4.69, 9.17) is 4.74 Å². The molecule has 3 aromatic rings. The van der Waals surface area contributed by atoms with Gasteiger partial charge in [-0.15, -0.1) is 5.92 Å². The van der Waals surface area contributed by atoms with Crippen LogP contribution < -0.4 is 9.64 Å². The van der Waals surface area contributed by atoms with Crippen LogP contribution >= 0.6 is 0 Å². The Morgan fingerprint density at radius 2 is 2.00 bits per heavy atom. The third kappa shape index (κ3) is 4.65. The fourth-order valence-corrected chi connectivity index (χ4v) is 2.73. The molecule has 0 aliphatic heterocycles. The number of carbonyl (C=O) groups excluding carboxylic acids is 1. The van der Waals surface area contributed by atoms with Gasteiger partial charge in [-0.25, -0.2) is 0 Å². The molecule has 0 saturated carbocycles. The lowest BCUT2D eigenvalue weighted by molar-refractivity contribution is 0.0993. The molecule has 1 heterocycles. The van der Waals surface area contributed by atoms with E-state index in [1.807, 2.05) is 55.5 Å². The first-order valence-corrected chi connectivity index (χ1v) is 9.00. The summed E-state index contributed by atoms with van der Waals surface area (Å²) in [6.45, 7) is 2.56. The molecule has 27 heavy (non-hydrogen) atoms. The van der Waals surface area contributed by atoms with Gasteiger partial charge in [0.1, 0.15) is 5.75 Å². The van der Waals surface area contributed by atoms with Gasteiger partial charge in [-0.05, 0) is 36.4 Å². The van der Waals surface area contributed by atoms with Crippen LogP contribution in [0.25, 0.3) is 10.9 Å². The van der Waals surface area contributed by atoms with Crippen molar-refractivity contribution in [1.82, 2.24) is 4.98 Å². The maximum absolute atomic E-state index is 12.9. The van der Waals surface area contributed by atoms with Crippen LogP contribution in [0.15, 0.2) is 60.8 Å². The molecule has 0 aliphatic carbocycles. The highest BCUT2D eigenvalue weighted by molar-refractivity contribution is 6.07. The van der Waals surface area contributed by atoms with Gasteiger partial charge in [0.05, 0.1) is 12.1 Å². The van der Waals surface area contributed by atoms with Gasteiger partial charge in [0, 0.05) is 48.8 Å². The largest absolute Gasteiger partial charge is 0.493 e. The molecule has 0 radical (unpaired) electrons. The summed E-state index contributed by atoms with van der Waals surface area (Å²) >= 11 is 0. The van der Waals surface area contributed by atoms with Gasteiger partial charge in [-0.1, -0.05) is 25.0 Å². The number of carbonyl (C=O) groups is 1. The molecule has 0 aliphatic rings. The van der Waals surface area contributed by atoms with Gasteiger partial charge in [0.25, 0.3) is 5.91 Å². The minimum atomic E-state index is -0.0771. The fraction of sp³-hybridized carbons (Fsp3) is 0.217. The Labute approximate surface area is 159 Å². The Bertz CT molecular complexity index is 1000. The van der Waals surface area contributed by atoms with E-state index in [-0.39, 0.29) is 5.91 Å². The number of hydrogen-bond donors (Lipinski definition) is 0. The molecule has 0 bridgehead atoms. The standard InChI is InChI=1S/C23H22N2O2/c1-3-4-5-6-15-27-21-11-7-10-20(17-21)25(2)23(26)19-12-13-22-18(16-19)9-8-14-24-22/h7-14,16-17H,3,6,15H2,1-2H3. The monoisotopic (exact) mass is 358 g/mol. The molecule has 3 rings (SSSR count). The van der Waals surface area contributed by atoms with Crippen LogP contribution in [0.1, 0.15) is 30.1 Å². The van der Waals surface area contributed by atoms with Crippen molar-refractivity contribution in [2.24, 2.45) is 0 Å². The zero-order valence-corrected chi connectivity index (χ0v) is 15.6. The summed E-state index contributed by atoms with van der Waals surface area (Å²) in [5.74, 6) is 6.73. The highest BCUT2D eigenvalue weighted by atomic mass is 16.5. The molecular weight excluding hydrogens is 336 g/mol. The summed E-state index contributed by atoms with van der Waals surface area (Å²) in [6, 6.07) is 16.9. The van der Waals surface area contributed by atoms with E-state index >= 15 is 0 Å². The highest BCUT2D eigenvalue weighted by Crippen LogP contribution is 2.23. The number of aromatic nitrogens is 1. The number of ether oxygens (including phenoxy) is 1. The second-order valence-corrected chi connectivity index (χ2v) is 6.08. The predicted octanol–water partition coefficient (Wildman–Crippen LogP) is 4.69. The van der Waals surface area contributed by atoms with E-state index in [0.717, 1.165) is 28.8 Å². The molecule has 136 valence electrons. The van der Waals surface area contributed by atoms with E-state index in [1.165, 1.54) is 0 Å². The van der Waals surface area contributed by atoms with E-state index in [0.29, 0.717) is 18.6 Å². The van der Waals surface area contributed by atoms with E-state index < -0.39 is 0 Å². The molecular formula is C23H22N2O2. The number of benzene rings is 2. The van der Waals surface area contributed by atoms with Crippen LogP contribution in [0.5, 0.6) is 5.75 Å². The van der Waals surface area contributed by atoms with Gasteiger partial charge in [-0.2, -0.15) is 0 Å². The topological polar surface area (TPSA) is 42.4 Å². The number of amides is 1. The Balaban J connectivity index is 1.73. The Morgan fingerprint density at radius 3 is 2.85 bits per heavy atom. The van der Waals surface area contributed by atoms with Crippen molar-refractivity contribution in [2.45, 2.75) is 19.8 Å². The first-order valence-electron chi connectivity index (χ1n) is 9.00. The van der Waals surface area contributed by atoms with Gasteiger partial charge in [-0.3, -0.25) is 9.78 Å². The van der Waals surface area contributed by atoms with Crippen LogP contribution in [0, 0.1) is 11.8 Å². The SMILES string of the molecule is CCC#CCCOc1cccc(N(C)C(=O)c2ccc3ncccc3c2)c1. The van der Waals surface area contributed by atoms with Gasteiger partial charge in [0.15, 0.2) is 0 Å². The maximum Gasteiger partial charge on any atom is 0.258 e. The summed E-state index contributed by atoms with van der Waals surface area (Å²) in [7, 11) is 1.77. The number of pyridine rings is 1. The highest BCUT2D eigenvalue weighted by Gasteiger charge is 2.14. The third-order valence-corrected chi connectivity index (χ3v) is 4.16. The normalized spacial score (nSPS) is 10.1. The summed E-state index contributed by atoms with van der Waals surface area (Å²) in [5.41, 5.74) is 2.28. The van der Waals surface area contributed by atoms with Crippen molar-refractivity contribution in [1.29, 1.82) is 0 Å². The molecule has 0 saturated heterocycles. The smallest absolute Gasteiger partial charge is 0.258 e. The molecule has 1 amide bonds. The van der Waals surface area contributed by atoms with E-state index in [2.05, 4.69) is 16.8 Å². The lowest BCUT2D eigenvalue weighted by Crippen LogP contribution is -2.26. The predicted molar refractivity (Wildman–Crippen MR) is 109 cm³/mol. The molecule has 2 aromatic carbocycles. The van der Waals surface area contributed by atoms with Crippen molar-refractivity contribution >= 4 is 22.5 Å². The number of fused-ring (bicyclic) bond motifs is 1. The first-order chi connectivity index (χ1) is 13.2. The summed E-state index contributed by atoms with van der Waals surface area (Å²) in [4.78, 5) is 18.8. The van der Waals surface area contributed by atoms with E-state index in [9.17, 15) is 4.79 Å². The quantitative estimate of drug-likeness (QED) is 0.491. The Kier molecular flexibility index (Phi) is 6.06. The summed E-state index contributed by atoms with van der Waals surface area (Å²) < 4.78 is 5.74. The average Bonchev–Trinajstić information content (AvgIpc) is 2.72. The number of rotatable bonds is 5. The molecule has 1 aromatic heterocycles. The molecule has 0 spiro atoms. The third-order valence-electron chi connectivity index (χ3n) is 4.16. The maximum atomic E-state index is 12.9. The van der Waals surface area contributed by atoms with Gasteiger partial charge in [0.2, 0.25) is 0 Å². The second-order valence-electron chi connectivity index (χ2n) is 6.08. The number of nitrogens with zero attached hydrogens (tertiary/aromatic N) is 2. The summed E-state index contributed by atoms with van der Waals surface area (Å²) in [6.07, 6.45) is 3.29. The molecule has 0 fully saturated rings. The minimum Gasteiger partial charge on any atom is -0.493 e. The van der Waals surface area contributed by atoms with Crippen LogP contribution in [0.4, 0.5) is 5.69 Å². The zero-order chi connectivity index (χ0) is 19.1. The average molecular weight is 358 g/mol. The van der Waals surface area contributed by atoms with Crippen molar-refractivity contribution in [3.63, 3.8) is 0 Å². The van der Waals surface area contributed by atoms with Crippen molar-refractivity contribution in [3.8, 4) is 17.6 Å². The molecule has 0 N–H and O–H groups in total. The number of hydrogen-bond acceptors (Lipinski definition) is 3. The Morgan fingerprint density at radius 1 is 1.11 bits per heavy atom. The second kappa shape index (κ2) is 8.86. The van der Waals surface area contributed by atoms with E-state index in [1.54, 1.807) is 24.2 Å². The van der Waals surface area contributed by atoms with Gasteiger partial charge < -0.3 is 9.64 Å². The van der Waals surface area contributed by atoms with Crippen molar-refractivity contribution in [3.05, 3.63) is 66.4 Å². The van der Waals surface area contributed by atoms with Crippen molar-refractivity contribution in [2.75, 3.05) is 18.6 Å². The van der Waals surface area contributed by atoms with Gasteiger partial charge >= 0.3 is 0 Å².